The summed E-state index contributed by atoms with van der Waals surface area (Å²) in [5.41, 5.74) is 1.61. The van der Waals surface area contributed by atoms with Crippen molar-refractivity contribution in [1.29, 1.82) is 0 Å². The number of aryl methyl sites for hydroxylation is 1. The molecule has 0 radical (unpaired) electrons. The number of carbonyl (C=O) groups is 1. The smallest absolute Gasteiger partial charge is 0.311 e. The summed E-state index contributed by atoms with van der Waals surface area (Å²) in [5.74, 6) is 0. The second kappa shape index (κ2) is 8.11. The number of nitrogens with zero attached hydrogens (tertiary/aromatic N) is 2. The van der Waals surface area contributed by atoms with Crippen LogP contribution in [0.5, 0.6) is 0 Å². The van der Waals surface area contributed by atoms with E-state index < -0.39 is 17.1 Å². The molecule has 4 rings (SSSR count). The van der Waals surface area contributed by atoms with E-state index in [2.05, 4.69) is 10.3 Å². The summed E-state index contributed by atoms with van der Waals surface area (Å²) < 4.78 is 43.5. The van der Waals surface area contributed by atoms with E-state index in [-0.39, 0.29) is 10.7 Å². The fourth-order valence-corrected chi connectivity index (χ4v) is 4.42. The number of amides is 2. The van der Waals surface area contributed by atoms with E-state index in [0.29, 0.717) is 23.1 Å². The molecular weight excluding hydrogens is 423 g/mol. The van der Waals surface area contributed by atoms with E-state index >= 15 is 0 Å². The molecule has 0 spiro atoms. The van der Waals surface area contributed by atoms with Gasteiger partial charge < -0.3 is 5.32 Å². The summed E-state index contributed by atoms with van der Waals surface area (Å²) >= 11 is 0.465. The Morgan fingerprint density at radius 1 is 0.903 bits per heavy atom. The SMILES string of the molecule is Cc1ccc([C@]2(C(F)(F)F)NC(=O)N(c3ccccc3)C(=Nc3ccccc3)S2)cc1. The maximum absolute atomic E-state index is 14.5. The molecule has 0 unspecified atom stereocenters. The van der Waals surface area contributed by atoms with Gasteiger partial charge in [0.05, 0.1) is 11.4 Å². The van der Waals surface area contributed by atoms with Gasteiger partial charge in [-0.2, -0.15) is 13.2 Å². The van der Waals surface area contributed by atoms with Gasteiger partial charge in [-0.25, -0.2) is 14.7 Å². The number of anilines is 1. The molecule has 0 saturated carbocycles. The predicted octanol–water partition coefficient (Wildman–Crippen LogP) is 6.36. The monoisotopic (exact) mass is 441 g/mol. The molecule has 0 bridgehead atoms. The van der Waals surface area contributed by atoms with Gasteiger partial charge >= 0.3 is 12.2 Å². The quantitative estimate of drug-likeness (QED) is 0.514. The maximum Gasteiger partial charge on any atom is 0.425 e. The highest BCUT2D eigenvalue weighted by Crippen LogP contribution is 2.51. The zero-order valence-electron chi connectivity index (χ0n) is 16.4. The van der Waals surface area contributed by atoms with Gasteiger partial charge in [0.15, 0.2) is 5.17 Å². The number of hydrogen-bond donors (Lipinski definition) is 1. The van der Waals surface area contributed by atoms with Crippen LogP contribution < -0.4 is 10.2 Å². The normalized spacial score (nSPS) is 20.6. The van der Waals surface area contributed by atoms with Crippen molar-refractivity contribution < 1.29 is 18.0 Å². The van der Waals surface area contributed by atoms with E-state index in [0.717, 1.165) is 10.5 Å². The summed E-state index contributed by atoms with van der Waals surface area (Å²) in [4.78, 5) is 16.0. The molecule has 0 aliphatic carbocycles. The minimum Gasteiger partial charge on any atom is -0.311 e. The lowest BCUT2D eigenvalue weighted by Gasteiger charge is -2.43. The summed E-state index contributed by atoms with van der Waals surface area (Å²) in [7, 11) is 0. The van der Waals surface area contributed by atoms with Crippen LogP contribution in [0.3, 0.4) is 0 Å². The van der Waals surface area contributed by atoms with Gasteiger partial charge in [0.1, 0.15) is 0 Å². The number of para-hydroxylation sites is 2. The molecule has 4 nitrogen and oxygen atoms in total. The highest BCUT2D eigenvalue weighted by atomic mass is 32.2. The van der Waals surface area contributed by atoms with Crippen molar-refractivity contribution in [3.8, 4) is 0 Å². The van der Waals surface area contributed by atoms with Crippen molar-refractivity contribution >= 4 is 34.3 Å². The van der Waals surface area contributed by atoms with Gasteiger partial charge in [-0.05, 0) is 48.5 Å². The number of amidine groups is 1. The van der Waals surface area contributed by atoms with Crippen LogP contribution in [0.25, 0.3) is 0 Å². The van der Waals surface area contributed by atoms with Crippen molar-refractivity contribution in [3.63, 3.8) is 0 Å². The Balaban J connectivity index is 1.89. The molecule has 1 aliphatic heterocycles. The van der Waals surface area contributed by atoms with E-state index in [1.807, 2.05) is 0 Å². The van der Waals surface area contributed by atoms with Crippen LogP contribution in [0, 0.1) is 6.92 Å². The lowest BCUT2D eigenvalue weighted by Crippen LogP contribution is -2.63. The average molecular weight is 441 g/mol. The van der Waals surface area contributed by atoms with Crippen molar-refractivity contribution in [3.05, 3.63) is 96.1 Å². The number of hydrogen-bond acceptors (Lipinski definition) is 3. The molecule has 158 valence electrons. The molecule has 1 aliphatic rings. The van der Waals surface area contributed by atoms with Gasteiger partial charge in [0, 0.05) is 0 Å². The van der Waals surface area contributed by atoms with E-state index in [9.17, 15) is 18.0 Å². The van der Waals surface area contributed by atoms with Gasteiger partial charge in [-0.3, -0.25) is 0 Å². The second-order valence-corrected chi connectivity index (χ2v) is 8.16. The van der Waals surface area contributed by atoms with Crippen LogP contribution in [0.15, 0.2) is 89.9 Å². The third-order valence-corrected chi connectivity index (χ3v) is 6.11. The molecule has 0 aromatic heterocycles. The Labute approximate surface area is 181 Å². The number of alkyl halides is 3. The predicted molar refractivity (Wildman–Crippen MR) is 117 cm³/mol. The van der Waals surface area contributed by atoms with Crippen LogP contribution in [0.2, 0.25) is 0 Å². The number of rotatable bonds is 3. The van der Waals surface area contributed by atoms with Gasteiger partial charge in [0.25, 0.3) is 0 Å². The molecule has 1 saturated heterocycles. The Kier molecular flexibility index (Phi) is 5.49. The fraction of sp³-hybridized carbons (Fsp3) is 0.130. The lowest BCUT2D eigenvalue weighted by molar-refractivity contribution is -0.167. The first kappa shape index (κ1) is 21.0. The highest BCUT2D eigenvalue weighted by molar-refractivity contribution is 8.15. The Bertz CT molecular complexity index is 1100. The first-order valence-electron chi connectivity index (χ1n) is 9.44. The third-order valence-electron chi connectivity index (χ3n) is 4.77. The molecule has 31 heavy (non-hydrogen) atoms. The minimum atomic E-state index is -4.77. The van der Waals surface area contributed by atoms with E-state index in [4.69, 9.17) is 0 Å². The first-order valence-corrected chi connectivity index (χ1v) is 10.3. The summed E-state index contributed by atoms with van der Waals surface area (Å²) in [5, 5.41) is 2.14. The Morgan fingerprint density at radius 2 is 1.48 bits per heavy atom. The fourth-order valence-electron chi connectivity index (χ4n) is 3.20. The van der Waals surface area contributed by atoms with Crippen LogP contribution in [0.1, 0.15) is 11.1 Å². The molecule has 1 atom stereocenters. The summed E-state index contributed by atoms with van der Waals surface area (Å²) in [6.07, 6.45) is -4.77. The van der Waals surface area contributed by atoms with Gasteiger partial charge in [-0.1, -0.05) is 66.2 Å². The standard InChI is InChI=1S/C23H18F3N3OS/c1-16-12-14-17(15-13-16)22(23(24,25)26)28-20(30)29(19-10-6-3-7-11-19)21(31-22)27-18-8-4-2-5-9-18/h2-15H,1H3,(H,28,30)/t22-/m0/s1. The van der Waals surface area contributed by atoms with Crippen molar-refractivity contribution in [1.82, 2.24) is 5.32 Å². The van der Waals surface area contributed by atoms with Crippen molar-refractivity contribution in [2.45, 2.75) is 18.0 Å². The average Bonchev–Trinajstić information content (AvgIpc) is 2.74. The topological polar surface area (TPSA) is 44.7 Å². The van der Waals surface area contributed by atoms with Gasteiger partial charge in [-0.15, -0.1) is 0 Å². The molecule has 1 fully saturated rings. The largest absolute Gasteiger partial charge is 0.425 e. The maximum atomic E-state index is 14.5. The Morgan fingerprint density at radius 3 is 2.06 bits per heavy atom. The highest BCUT2D eigenvalue weighted by Gasteiger charge is 2.62. The molecule has 2 amide bonds. The Hall–Kier alpha value is -3.26. The van der Waals surface area contributed by atoms with Crippen LogP contribution >= 0.6 is 11.8 Å². The number of aliphatic imine (C=N–C) groups is 1. The van der Waals surface area contributed by atoms with Crippen molar-refractivity contribution in [2.75, 3.05) is 4.90 Å². The number of benzene rings is 3. The van der Waals surface area contributed by atoms with Gasteiger partial charge in [0.2, 0.25) is 4.87 Å². The number of thioether (sulfide) groups is 1. The zero-order chi connectivity index (χ0) is 22.1. The van der Waals surface area contributed by atoms with E-state index in [1.54, 1.807) is 79.7 Å². The number of halogens is 3. The summed E-state index contributed by atoms with van der Waals surface area (Å²) in [6, 6.07) is 22.1. The van der Waals surface area contributed by atoms with Crippen LogP contribution in [-0.2, 0) is 4.87 Å². The number of urea groups is 1. The third kappa shape index (κ3) is 4.03. The lowest BCUT2D eigenvalue weighted by atomic mass is 10.0. The second-order valence-electron chi connectivity index (χ2n) is 6.98. The van der Waals surface area contributed by atoms with E-state index in [1.165, 1.54) is 12.1 Å². The number of nitrogens with one attached hydrogen (secondary N) is 1. The first-order chi connectivity index (χ1) is 14.8. The van der Waals surface area contributed by atoms with Crippen LogP contribution in [0.4, 0.5) is 29.3 Å². The molecular formula is C23H18F3N3OS. The van der Waals surface area contributed by atoms with Crippen molar-refractivity contribution in [2.24, 2.45) is 4.99 Å². The summed E-state index contributed by atoms with van der Waals surface area (Å²) in [6.45, 7) is 1.79. The minimum absolute atomic E-state index is 0.0703. The molecule has 8 heteroatoms. The number of carbonyl (C=O) groups excluding carboxylic acids is 1. The molecule has 3 aromatic rings. The molecule has 1 N–H and O–H groups in total. The molecule has 1 heterocycles. The van der Waals surface area contributed by atoms with Crippen LogP contribution in [-0.4, -0.2) is 17.4 Å². The zero-order valence-corrected chi connectivity index (χ0v) is 17.2. The molecule has 3 aromatic carbocycles.